The van der Waals surface area contributed by atoms with Gasteiger partial charge in [0.15, 0.2) is 11.5 Å². The molecule has 0 fully saturated rings. The van der Waals surface area contributed by atoms with Crippen molar-refractivity contribution in [2.24, 2.45) is 0 Å². The third kappa shape index (κ3) is 2.54. The summed E-state index contributed by atoms with van der Waals surface area (Å²) in [4.78, 5) is 15.7. The van der Waals surface area contributed by atoms with Crippen molar-refractivity contribution in [1.82, 2.24) is 10.3 Å². The van der Waals surface area contributed by atoms with Gasteiger partial charge in [0, 0.05) is 11.6 Å². The highest BCUT2D eigenvalue weighted by Crippen LogP contribution is 2.27. The van der Waals surface area contributed by atoms with E-state index >= 15 is 0 Å². The summed E-state index contributed by atoms with van der Waals surface area (Å²) in [5.74, 6) is -1.18. The number of aromatic hydroxyl groups is 2. The molecule has 88 valence electrons. The fraction of sp³-hybridized carbons (Fsp3) is 0.0909. The zero-order valence-corrected chi connectivity index (χ0v) is 9.57. The molecule has 2 rings (SSSR count). The number of nitrogens with zero attached hydrogens (tertiary/aromatic N) is 1. The Morgan fingerprint density at radius 2 is 2.24 bits per heavy atom. The lowest BCUT2D eigenvalue weighted by Gasteiger charge is -2.06. The third-order valence-electron chi connectivity index (χ3n) is 2.14. The Balaban J connectivity index is 2.07. The summed E-state index contributed by atoms with van der Waals surface area (Å²) in [5, 5.41) is 24.0. The Bertz CT molecular complexity index is 526. The van der Waals surface area contributed by atoms with E-state index in [1.165, 1.54) is 29.5 Å². The number of para-hydroxylation sites is 1. The number of nitrogens with one attached hydrogen (secondary N) is 1. The maximum absolute atomic E-state index is 11.7. The van der Waals surface area contributed by atoms with E-state index in [9.17, 15) is 15.0 Å². The maximum atomic E-state index is 11.7. The zero-order chi connectivity index (χ0) is 12.3. The van der Waals surface area contributed by atoms with Crippen LogP contribution in [0.15, 0.2) is 29.8 Å². The van der Waals surface area contributed by atoms with Crippen molar-refractivity contribution >= 4 is 17.2 Å². The number of rotatable bonds is 3. The molecule has 0 spiro atoms. The van der Waals surface area contributed by atoms with Gasteiger partial charge < -0.3 is 15.5 Å². The van der Waals surface area contributed by atoms with E-state index < -0.39 is 11.7 Å². The molecular weight excluding hydrogens is 240 g/mol. The average Bonchev–Trinajstić information content (AvgIpc) is 2.82. The Kier molecular flexibility index (Phi) is 3.24. The lowest BCUT2D eigenvalue weighted by atomic mass is 10.1. The molecule has 0 radical (unpaired) electrons. The molecule has 5 nitrogen and oxygen atoms in total. The molecule has 3 N–H and O–H groups in total. The summed E-state index contributed by atoms with van der Waals surface area (Å²) in [6.07, 6.45) is 1.65. The van der Waals surface area contributed by atoms with Crippen LogP contribution in [0, 0.1) is 0 Å². The number of hydrogen-bond acceptors (Lipinski definition) is 5. The first-order valence-corrected chi connectivity index (χ1v) is 5.74. The van der Waals surface area contributed by atoms with Gasteiger partial charge in [-0.05, 0) is 12.1 Å². The second-order valence-electron chi connectivity index (χ2n) is 3.28. The highest BCUT2D eigenvalue weighted by Gasteiger charge is 2.13. The first-order chi connectivity index (χ1) is 8.18. The smallest absolute Gasteiger partial charge is 0.255 e. The van der Waals surface area contributed by atoms with Crippen LogP contribution < -0.4 is 5.32 Å². The molecule has 2 aromatic rings. The highest BCUT2D eigenvalue weighted by atomic mass is 32.1. The van der Waals surface area contributed by atoms with Gasteiger partial charge in [0.25, 0.3) is 5.91 Å². The van der Waals surface area contributed by atoms with Gasteiger partial charge >= 0.3 is 0 Å². The van der Waals surface area contributed by atoms with Gasteiger partial charge in [-0.15, -0.1) is 11.3 Å². The van der Waals surface area contributed by atoms with Gasteiger partial charge in [0.1, 0.15) is 5.01 Å². The van der Waals surface area contributed by atoms with E-state index in [4.69, 9.17) is 0 Å². The molecule has 0 unspecified atom stereocenters. The predicted molar refractivity (Wildman–Crippen MR) is 63.1 cm³/mol. The van der Waals surface area contributed by atoms with Crippen LogP contribution in [-0.2, 0) is 6.54 Å². The number of thiazole rings is 1. The minimum atomic E-state index is -0.450. The lowest BCUT2D eigenvalue weighted by molar-refractivity contribution is 0.0947. The van der Waals surface area contributed by atoms with Crippen LogP contribution >= 0.6 is 11.3 Å². The summed E-state index contributed by atoms with van der Waals surface area (Å²) in [5.41, 5.74) is 0.0431. The molecule has 1 heterocycles. The van der Waals surface area contributed by atoms with Crippen molar-refractivity contribution in [3.05, 3.63) is 40.3 Å². The van der Waals surface area contributed by atoms with Gasteiger partial charge in [-0.25, -0.2) is 4.98 Å². The monoisotopic (exact) mass is 250 g/mol. The van der Waals surface area contributed by atoms with Crippen LogP contribution in [-0.4, -0.2) is 21.1 Å². The molecule has 17 heavy (non-hydrogen) atoms. The summed E-state index contributed by atoms with van der Waals surface area (Å²) in [6, 6.07) is 4.24. The number of benzene rings is 1. The first kappa shape index (κ1) is 11.4. The molecule has 6 heteroatoms. The van der Waals surface area contributed by atoms with Crippen molar-refractivity contribution in [2.75, 3.05) is 0 Å². The molecule has 0 aliphatic heterocycles. The molecule has 0 atom stereocenters. The zero-order valence-electron chi connectivity index (χ0n) is 8.75. The largest absolute Gasteiger partial charge is 0.504 e. The SMILES string of the molecule is O=C(NCc1nccs1)c1cccc(O)c1O. The van der Waals surface area contributed by atoms with Crippen molar-refractivity contribution in [2.45, 2.75) is 6.54 Å². The van der Waals surface area contributed by atoms with Crippen LogP contribution in [0.4, 0.5) is 0 Å². The topological polar surface area (TPSA) is 82.5 Å². The minimum Gasteiger partial charge on any atom is -0.504 e. The Morgan fingerprint density at radius 3 is 2.94 bits per heavy atom. The first-order valence-electron chi connectivity index (χ1n) is 4.86. The Morgan fingerprint density at radius 1 is 1.41 bits per heavy atom. The van der Waals surface area contributed by atoms with Crippen molar-refractivity contribution in [3.8, 4) is 11.5 Å². The second kappa shape index (κ2) is 4.84. The van der Waals surface area contributed by atoms with Crippen LogP contribution in [0.2, 0.25) is 0 Å². The van der Waals surface area contributed by atoms with Crippen LogP contribution in [0.1, 0.15) is 15.4 Å². The highest BCUT2D eigenvalue weighted by molar-refractivity contribution is 7.09. The number of carbonyl (C=O) groups excluding carboxylic acids is 1. The van der Waals surface area contributed by atoms with E-state index in [2.05, 4.69) is 10.3 Å². The van der Waals surface area contributed by atoms with Crippen LogP contribution in [0.3, 0.4) is 0 Å². The third-order valence-corrected chi connectivity index (χ3v) is 2.92. The number of phenolic OH excluding ortho intramolecular Hbond substituents is 2. The molecule has 0 bridgehead atoms. The number of carbonyl (C=O) groups is 1. The molecule has 1 aromatic heterocycles. The van der Waals surface area contributed by atoms with Gasteiger partial charge in [-0.3, -0.25) is 4.79 Å². The van der Waals surface area contributed by atoms with E-state index in [1.807, 2.05) is 5.38 Å². The van der Waals surface area contributed by atoms with E-state index in [1.54, 1.807) is 6.20 Å². The quantitative estimate of drug-likeness (QED) is 0.721. The lowest BCUT2D eigenvalue weighted by Crippen LogP contribution is -2.22. The van der Waals surface area contributed by atoms with Crippen LogP contribution in [0.5, 0.6) is 11.5 Å². The fourth-order valence-electron chi connectivity index (χ4n) is 1.31. The summed E-state index contributed by atoms with van der Waals surface area (Å²) < 4.78 is 0. The predicted octanol–water partition coefficient (Wildman–Crippen LogP) is 1.48. The van der Waals surface area contributed by atoms with E-state index in [0.29, 0.717) is 6.54 Å². The number of hydrogen-bond donors (Lipinski definition) is 3. The van der Waals surface area contributed by atoms with Gasteiger partial charge in [-0.1, -0.05) is 6.07 Å². The second-order valence-corrected chi connectivity index (χ2v) is 4.26. The molecule has 0 saturated heterocycles. The minimum absolute atomic E-state index is 0.0431. The summed E-state index contributed by atoms with van der Waals surface area (Å²) >= 11 is 1.43. The van der Waals surface area contributed by atoms with Crippen molar-refractivity contribution < 1.29 is 15.0 Å². The van der Waals surface area contributed by atoms with Crippen LogP contribution in [0.25, 0.3) is 0 Å². The molecule has 0 saturated carbocycles. The molecular formula is C11H10N2O3S. The molecule has 0 aliphatic rings. The number of phenols is 2. The van der Waals surface area contributed by atoms with E-state index in [-0.39, 0.29) is 11.3 Å². The Hall–Kier alpha value is -2.08. The van der Waals surface area contributed by atoms with Gasteiger partial charge in [0.2, 0.25) is 0 Å². The Labute approximate surface area is 101 Å². The normalized spacial score (nSPS) is 10.1. The average molecular weight is 250 g/mol. The molecule has 1 amide bonds. The summed E-state index contributed by atoms with van der Waals surface area (Å²) in [6.45, 7) is 0.297. The molecule has 1 aromatic carbocycles. The van der Waals surface area contributed by atoms with E-state index in [0.717, 1.165) is 5.01 Å². The standard InChI is InChI=1S/C11H10N2O3S/c14-8-3-1-2-7(10(8)15)11(16)13-6-9-12-4-5-17-9/h1-5,14-15H,6H2,(H,13,16). The van der Waals surface area contributed by atoms with Crippen molar-refractivity contribution in [1.29, 1.82) is 0 Å². The van der Waals surface area contributed by atoms with Gasteiger partial charge in [0.05, 0.1) is 12.1 Å². The summed E-state index contributed by atoms with van der Waals surface area (Å²) in [7, 11) is 0. The fourth-order valence-corrected chi connectivity index (χ4v) is 1.86. The number of amides is 1. The number of aromatic nitrogens is 1. The molecule has 0 aliphatic carbocycles. The van der Waals surface area contributed by atoms with Gasteiger partial charge in [-0.2, -0.15) is 0 Å². The maximum Gasteiger partial charge on any atom is 0.255 e. The van der Waals surface area contributed by atoms with Crippen molar-refractivity contribution in [3.63, 3.8) is 0 Å².